The van der Waals surface area contributed by atoms with Crippen LogP contribution in [0.25, 0.3) is 0 Å². The van der Waals surface area contributed by atoms with E-state index >= 15 is 0 Å². The summed E-state index contributed by atoms with van der Waals surface area (Å²) < 4.78 is 5.42. The Hall–Kier alpha value is -1.40. The predicted octanol–water partition coefficient (Wildman–Crippen LogP) is 1.07. The molecule has 2 aliphatic heterocycles. The number of rotatable bonds is 6. The van der Waals surface area contributed by atoms with Gasteiger partial charge in [0.2, 0.25) is 11.8 Å². The summed E-state index contributed by atoms with van der Waals surface area (Å²) in [6.07, 6.45) is 3.56. The summed E-state index contributed by atoms with van der Waals surface area (Å²) in [4.78, 5) is 27.5. The monoisotopic (exact) mass is 337 g/mol. The summed E-state index contributed by atoms with van der Waals surface area (Å²) in [5.41, 5.74) is 1.02. The average molecular weight is 337 g/mol. The number of hydrogen-bond acceptors (Lipinski definition) is 4. The molecule has 24 heavy (non-hydrogen) atoms. The number of carbonyl (C=O) groups is 2. The zero-order chi connectivity index (χ0) is 17.7. The largest absolute Gasteiger partial charge is 0.381 e. The van der Waals surface area contributed by atoms with Gasteiger partial charge in [-0.15, -0.1) is 0 Å². The summed E-state index contributed by atoms with van der Waals surface area (Å²) in [7, 11) is 1.74. The summed E-state index contributed by atoms with van der Waals surface area (Å²) in [5.74, 6) is 0.0306. The van der Waals surface area contributed by atoms with Crippen LogP contribution in [0.1, 0.15) is 39.5 Å². The molecule has 0 aromatic carbocycles. The molecule has 0 bridgehead atoms. The van der Waals surface area contributed by atoms with E-state index in [1.54, 1.807) is 14.0 Å². The van der Waals surface area contributed by atoms with E-state index in [-0.39, 0.29) is 29.8 Å². The van der Waals surface area contributed by atoms with Gasteiger partial charge in [0, 0.05) is 19.8 Å². The van der Waals surface area contributed by atoms with Crippen molar-refractivity contribution in [3.05, 3.63) is 12.2 Å². The van der Waals surface area contributed by atoms with Gasteiger partial charge in [0.1, 0.15) is 6.04 Å². The second-order valence-electron chi connectivity index (χ2n) is 6.98. The molecule has 2 N–H and O–H groups in total. The van der Waals surface area contributed by atoms with E-state index in [0.29, 0.717) is 13.2 Å². The fraction of sp³-hybridized carbons (Fsp3) is 0.778. The van der Waals surface area contributed by atoms with E-state index < -0.39 is 6.04 Å². The maximum Gasteiger partial charge on any atom is 0.245 e. The van der Waals surface area contributed by atoms with Crippen molar-refractivity contribution < 1.29 is 14.3 Å². The molecule has 0 aliphatic carbocycles. The predicted molar refractivity (Wildman–Crippen MR) is 93.5 cm³/mol. The van der Waals surface area contributed by atoms with E-state index in [9.17, 15) is 9.59 Å². The normalized spacial score (nSPS) is 24.5. The SMILES string of the molecule is C=C(C)[C@@H]1CCCN1C(=O)[C@@H](NC(=O)[C@H](C)NC)C1CCOCC1. The van der Waals surface area contributed by atoms with Gasteiger partial charge in [-0.3, -0.25) is 9.59 Å². The van der Waals surface area contributed by atoms with Crippen molar-refractivity contribution >= 4 is 11.8 Å². The van der Waals surface area contributed by atoms with Gasteiger partial charge in [-0.25, -0.2) is 0 Å². The summed E-state index contributed by atoms with van der Waals surface area (Å²) in [5, 5.41) is 5.93. The van der Waals surface area contributed by atoms with Gasteiger partial charge >= 0.3 is 0 Å². The van der Waals surface area contributed by atoms with Gasteiger partial charge < -0.3 is 20.3 Å². The highest BCUT2D eigenvalue weighted by molar-refractivity contribution is 5.90. The van der Waals surface area contributed by atoms with E-state index in [2.05, 4.69) is 17.2 Å². The Morgan fingerprint density at radius 2 is 1.92 bits per heavy atom. The molecule has 2 amide bonds. The molecule has 0 aromatic heterocycles. The Kier molecular flexibility index (Phi) is 6.80. The summed E-state index contributed by atoms with van der Waals surface area (Å²) in [6, 6.07) is -0.703. The summed E-state index contributed by atoms with van der Waals surface area (Å²) in [6.45, 7) is 9.85. The van der Waals surface area contributed by atoms with Gasteiger partial charge in [-0.2, -0.15) is 0 Å². The molecule has 2 heterocycles. The van der Waals surface area contributed by atoms with Crippen molar-refractivity contribution in [3.8, 4) is 0 Å². The Morgan fingerprint density at radius 3 is 2.50 bits per heavy atom. The van der Waals surface area contributed by atoms with E-state index in [1.165, 1.54) is 0 Å². The molecule has 6 nitrogen and oxygen atoms in total. The zero-order valence-electron chi connectivity index (χ0n) is 15.1. The number of nitrogens with zero attached hydrogens (tertiary/aromatic N) is 1. The second-order valence-corrected chi connectivity index (χ2v) is 6.98. The molecule has 0 radical (unpaired) electrons. The Labute approximate surface area is 145 Å². The third-order valence-corrected chi connectivity index (χ3v) is 5.23. The van der Waals surface area contributed by atoms with Crippen LogP contribution < -0.4 is 10.6 Å². The van der Waals surface area contributed by atoms with E-state index in [4.69, 9.17) is 4.74 Å². The lowest BCUT2D eigenvalue weighted by Crippen LogP contribution is -2.57. The molecule has 0 saturated carbocycles. The number of amides is 2. The van der Waals surface area contributed by atoms with Crippen molar-refractivity contribution in [3.63, 3.8) is 0 Å². The van der Waals surface area contributed by atoms with Crippen molar-refractivity contribution in [2.24, 2.45) is 5.92 Å². The highest BCUT2D eigenvalue weighted by Gasteiger charge is 2.38. The highest BCUT2D eigenvalue weighted by Crippen LogP contribution is 2.27. The minimum atomic E-state index is -0.475. The van der Waals surface area contributed by atoms with Gasteiger partial charge in [0.25, 0.3) is 0 Å². The van der Waals surface area contributed by atoms with E-state index in [0.717, 1.165) is 37.8 Å². The number of nitrogens with one attached hydrogen (secondary N) is 2. The lowest BCUT2D eigenvalue weighted by atomic mass is 9.90. The number of likely N-dealkylation sites (tertiary alicyclic amines) is 1. The fourth-order valence-corrected chi connectivity index (χ4v) is 3.56. The highest BCUT2D eigenvalue weighted by atomic mass is 16.5. The molecular formula is C18H31N3O3. The minimum absolute atomic E-state index is 0.0315. The molecule has 2 aliphatic rings. The molecule has 136 valence electrons. The molecule has 3 atom stereocenters. The number of ether oxygens (including phenoxy) is 1. The fourth-order valence-electron chi connectivity index (χ4n) is 3.56. The molecule has 0 spiro atoms. The summed E-state index contributed by atoms with van der Waals surface area (Å²) >= 11 is 0. The Bertz CT molecular complexity index is 474. The van der Waals surface area contributed by atoms with E-state index in [1.807, 2.05) is 11.8 Å². The van der Waals surface area contributed by atoms with Crippen LogP contribution in [0.5, 0.6) is 0 Å². The van der Waals surface area contributed by atoms with Crippen molar-refractivity contribution in [1.82, 2.24) is 15.5 Å². The van der Waals surface area contributed by atoms with Crippen molar-refractivity contribution in [2.75, 3.05) is 26.8 Å². The van der Waals surface area contributed by atoms with Gasteiger partial charge in [0.15, 0.2) is 0 Å². The molecule has 2 saturated heterocycles. The quantitative estimate of drug-likeness (QED) is 0.712. The molecule has 2 rings (SSSR count). The Balaban J connectivity index is 2.15. The maximum atomic E-state index is 13.2. The van der Waals surface area contributed by atoms with Crippen LogP contribution >= 0.6 is 0 Å². The first kappa shape index (κ1) is 18.9. The van der Waals surface area contributed by atoms with Crippen LogP contribution in [-0.4, -0.2) is 61.6 Å². The number of likely N-dealkylation sites (N-methyl/N-ethyl adjacent to an activating group) is 1. The average Bonchev–Trinajstić information content (AvgIpc) is 3.09. The molecule has 2 fully saturated rings. The first-order valence-electron chi connectivity index (χ1n) is 8.97. The second kappa shape index (κ2) is 8.62. The van der Waals surface area contributed by atoms with Crippen LogP contribution in [0.3, 0.4) is 0 Å². The Morgan fingerprint density at radius 1 is 1.25 bits per heavy atom. The standard InChI is InChI=1S/C18H31N3O3/c1-12(2)15-6-5-9-21(15)18(23)16(14-7-10-24-11-8-14)20-17(22)13(3)19-4/h13-16,19H,1,5-11H2,2-4H3,(H,20,22)/t13-,15-,16-/m0/s1. The third kappa shape index (κ3) is 4.36. The zero-order valence-corrected chi connectivity index (χ0v) is 15.1. The first-order valence-corrected chi connectivity index (χ1v) is 8.97. The molecule has 0 unspecified atom stereocenters. The van der Waals surface area contributed by atoms with Crippen LogP contribution in [0, 0.1) is 5.92 Å². The third-order valence-electron chi connectivity index (χ3n) is 5.23. The molecule has 0 aromatic rings. The van der Waals surface area contributed by atoms with Crippen molar-refractivity contribution in [1.29, 1.82) is 0 Å². The van der Waals surface area contributed by atoms with Gasteiger partial charge in [-0.1, -0.05) is 12.2 Å². The topological polar surface area (TPSA) is 70.7 Å². The lowest BCUT2D eigenvalue weighted by Gasteiger charge is -2.35. The smallest absolute Gasteiger partial charge is 0.245 e. The lowest BCUT2D eigenvalue weighted by molar-refractivity contribution is -0.139. The van der Waals surface area contributed by atoms with Crippen LogP contribution in [0.15, 0.2) is 12.2 Å². The minimum Gasteiger partial charge on any atom is -0.381 e. The van der Waals surface area contributed by atoms with Gasteiger partial charge in [0.05, 0.1) is 12.1 Å². The van der Waals surface area contributed by atoms with Crippen LogP contribution in [0.4, 0.5) is 0 Å². The number of hydrogen-bond donors (Lipinski definition) is 2. The first-order chi connectivity index (χ1) is 11.5. The van der Waals surface area contributed by atoms with Gasteiger partial charge in [-0.05, 0) is 52.5 Å². The van der Waals surface area contributed by atoms with Crippen LogP contribution in [-0.2, 0) is 14.3 Å². The molecule has 6 heteroatoms. The maximum absolute atomic E-state index is 13.2. The molecular weight excluding hydrogens is 306 g/mol. The van der Waals surface area contributed by atoms with Crippen LogP contribution in [0.2, 0.25) is 0 Å². The number of carbonyl (C=O) groups excluding carboxylic acids is 2. The van der Waals surface area contributed by atoms with Crippen molar-refractivity contribution in [2.45, 2.75) is 57.7 Å².